The maximum absolute atomic E-state index is 9.84. The van der Waals surface area contributed by atoms with E-state index in [0.29, 0.717) is 5.92 Å². The van der Waals surface area contributed by atoms with Gasteiger partial charge in [0.15, 0.2) is 6.29 Å². The van der Waals surface area contributed by atoms with Gasteiger partial charge in [-0.1, -0.05) is 65.2 Å². The third-order valence-electron chi connectivity index (χ3n) is 6.32. The number of hydrogen-bond acceptors (Lipinski definition) is 3. The Morgan fingerprint density at radius 3 is 2.04 bits per heavy atom. The summed E-state index contributed by atoms with van der Waals surface area (Å²) in [6.45, 7) is 6.07. The Hall–Kier alpha value is -0.590. The van der Waals surface area contributed by atoms with Crippen molar-refractivity contribution >= 4 is 0 Å². The highest BCUT2D eigenvalue weighted by molar-refractivity contribution is 5.04. The quantitative estimate of drug-likeness (QED) is 0.439. The Labute approximate surface area is 155 Å². The summed E-state index contributed by atoms with van der Waals surface area (Å²) in [5.41, 5.74) is -0.394. The molecule has 0 aromatic rings. The van der Waals surface area contributed by atoms with E-state index in [1.54, 1.807) is 0 Å². The molecule has 2 aliphatic rings. The molecule has 0 bridgehead atoms. The maximum Gasteiger partial charge on any atom is 0.176 e. The van der Waals surface area contributed by atoms with Crippen molar-refractivity contribution in [2.45, 2.75) is 104 Å². The lowest BCUT2D eigenvalue weighted by Gasteiger charge is -2.42. The normalized spacial score (nSPS) is 33.1. The molecule has 1 saturated heterocycles. The highest BCUT2D eigenvalue weighted by atomic mass is 16.7. The summed E-state index contributed by atoms with van der Waals surface area (Å²) in [5.74, 6) is 1.33. The zero-order chi connectivity index (χ0) is 18.0. The van der Waals surface area contributed by atoms with E-state index in [0.717, 1.165) is 44.8 Å². The van der Waals surface area contributed by atoms with Crippen LogP contribution in [0.4, 0.5) is 0 Å². The SMILES string of the molecule is CCCCCCCC1COC(C2(C#N)CCC(CCCC)CC2)OC1. The molecule has 0 atom stereocenters. The molecule has 0 aromatic heterocycles. The van der Waals surface area contributed by atoms with Gasteiger partial charge in [0.2, 0.25) is 0 Å². The van der Waals surface area contributed by atoms with E-state index in [9.17, 15) is 5.26 Å². The highest BCUT2D eigenvalue weighted by Gasteiger charge is 2.45. The van der Waals surface area contributed by atoms with E-state index < -0.39 is 5.41 Å². The average molecular weight is 350 g/mol. The van der Waals surface area contributed by atoms with Gasteiger partial charge in [0.05, 0.1) is 19.3 Å². The van der Waals surface area contributed by atoms with Gasteiger partial charge >= 0.3 is 0 Å². The Balaban J connectivity index is 1.70. The minimum atomic E-state index is -0.394. The van der Waals surface area contributed by atoms with Crippen molar-refractivity contribution in [1.82, 2.24) is 0 Å². The molecule has 0 radical (unpaired) electrons. The summed E-state index contributed by atoms with van der Waals surface area (Å²) in [5, 5.41) is 9.84. The van der Waals surface area contributed by atoms with Gasteiger partial charge in [-0.15, -0.1) is 0 Å². The summed E-state index contributed by atoms with van der Waals surface area (Å²) in [6.07, 6.45) is 15.7. The monoisotopic (exact) mass is 349 g/mol. The fraction of sp³-hybridized carbons (Fsp3) is 0.955. The Kier molecular flexibility index (Phi) is 9.28. The van der Waals surface area contributed by atoms with Gasteiger partial charge in [0, 0.05) is 5.92 Å². The van der Waals surface area contributed by atoms with Crippen molar-refractivity contribution in [3.63, 3.8) is 0 Å². The molecule has 3 nitrogen and oxygen atoms in total. The molecule has 1 aliphatic heterocycles. The molecule has 0 N–H and O–H groups in total. The third-order valence-corrected chi connectivity index (χ3v) is 6.32. The van der Waals surface area contributed by atoms with Crippen molar-refractivity contribution in [2.24, 2.45) is 17.3 Å². The van der Waals surface area contributed by atoms with E-state index in [1.165, 1.54) is 57.8 Å². The molecule has 0 spiro atoms. The van der Waals surface area contributed by atoms with E-state index >= 15 is 0 Å². The standard InChI is InChI=1S/C22H39NO2/c1-3-5-7-8-9-11-20-16-24-21(25-17-20)22(18-23)14-12-19(13-15-22)10-6-4-2/h19-21H,3-17H2,1-2H3. The second-order valence-corrected chi connectivity index (χ2v) is 8.42. The number of ether oxygens (including phenoxy) is 2. The van der Waals surface area contributed by atoms with Crippen LogP contribution in [0, 0.1) is 28.6 Å². The van der Waals surface area contributed by atoms with Gasteiger partial charge in [0.1, 0.15) is 5.41 Å². The summed E-state index contributed by atoms with van der Waals surface area (Å²) in [6, 6.07) is 2.59. The van der Waals surface area contributed by atoms with Gasteiger partial charge in [-0.25, -0.2) is 0 Å². The predicted molar refractivity (Wildman–Crippen MR) is 102 cm³/mol. The van der Waals surface area contributed by atoms with Crippen LogP contribution in [0.1, 0.15) is 97.3 Å². The molecular formula is C22H39NO2. The number of nitriles is 1. The zero-order valence-corrected chi connectivity index (χ0v) is 16.6. The average Bonchev–Trinajstić information content (AvgIpc) is 2.67. The van der Waals surface area contributed by atoms with Crippen LogP contribution in [0.3, 0.4) is 0 Å². The van der Waals surface area contributed by atoms with E-state index in [-0.39, 0.29) is 6.29 Å². The number of hydrogen-bond donors (Lipinski definition) is 0. The third kappa shape index (κ3) is 6.26. The minimum Gasteiger partial charge on any atom is -0.351 e. The van der Waals surface area contributed by atoms with Crippen molar-refractivity contribution < 1.29 is 9.47 Å². The molecule has 0 unspecified atom stereocenters. The first-order valence-corrected chi connectivity index (χ1v) is 10.9. The highest BCUT2D eigenvalue weighted by Crippen LogP contribution is 2.45. The zero-order valence-electron chi connectivity index (χ0n) is 16.6. The van der Waals surface area contributed by atoms with E-state index in [2.05, 4.69) is 19.9 Å². The summed E-state index contributed by atoms with van der Waals surface area (Å²) in [7, 11) is 0. The van der Waals surface area contributed by atoms with Gasteiger partial charge in [-0.05, 0) is 38.0 Å². The van der Waals surface area contributed by atoms with Crippen molar-refractivity contribution in [1.29, 1.82) is 5.26 Å². The van der Waals surface area contributed by atoms with Gasteiger partial charge < -0.3 is 9.47 Å². The number of rotatable bonds is 10. The first kappa shape index (κ1) is 20.7. The van der Waals surface area contributed by atoms with Crippen LogP contribution >= 0.6 is 0 Å². The van der Waals surface area contributed by atoms with E-state index in [4.69, 9.17) is 9.47 Å². The summed E-state index contributed by atoms with van der Waals surface area (Å²) in [4.78, 5) is 0. The molecule has 2 fully saturated rings. The summed E-state index contributed by atoms with van der Waals surface area (Å²) >= 11 is 0. The van der Waals surface area contributed by atoms with Crippen LogP contribution in [0.5, 0.6) is 0 Å². The lowest BCUT2D eigenvalue weighted by atomic mass is 9.69. The molecule has 2 rings (SSSR count). The molecular weight excluding hydrogens is 310 g/mol. The Morgan fingerprint density at radius 1 is 0.840 bits per heavy atom. The second-order valence-electron chi connectivity index (χ2n) is 8.42. The van der Waals surface area contributed by atoms with E-state index in [1.807, 2.05) is 0 Å². The van der Waals surface area contributed by atoms with Gasteiger partial charge in [-0.3, -0.25) is 0 Å². The molecule has 0 aromatic carbocycles. The first-order chi connectivity index (χ1) is 12.2. The van der Waals surface area contributed by atoms with Crippen molar-refractivity contribution in [3.8, 4) is 6.07 Å². The molecule has 1 saturated carbocycles. The molecule has 3 heteroatoms. The molecule has 25 heavy (non-hydrogen) atoms. The molecule has 1 heterocycles. The second kappa shape index (κ2) is 11.2. The molecule has 1 aliphatic carbocycles. The smallest absolute Gasteiger partial charge is 0.176 e. The van der Waals surface area contributed by atoms with Gasteiger partial charge in [0.25, 0.3) is 0 Å². The van der Waals surface area contributed by atoms with Crippen LogP contribution in [-0.2, 0) is 9.47 Å². The van der Waals surface area contributed by atoms with Crippen LogP contribution in [0.25, 0.3) is 0 Å². The predicted octanol–water partition coefficient (Wildman–Crippen LogP) is 6.23. The van der Waals surface area contributed by atoms with Crippen LogP contribution in [0.2, 0.25) is 0 Å². The number of nitrogens with zero attached hydrogens (tertiary/aromatic N) is 1. The molecule has 144 valence electrons. The summed E-state index contributed by atoms with van der Waals surface area (Å²) < 4.78 is 12.1. The van der Waals surface area contributed by atoms with Crippen LogP contribution in [-0.4, -0.2) is 19.5 Å². The van der Waals surface area contributed by atoms with Crippen molar-refractivity contribution in [3.05, 3.63) is 0 Å². The Morgan fingerprint density at radius 2 is 1.44 bits per heavy atom. The lowest BCUT2D eigenvalue weighted by molar-refractivity contribution is -0.247. The van der Waals surface area contributed by atoms with Crippen LogP contribution in [0.15, 0.2) is 0 Å². The van der Waals surface area contributed by atoms with Crippen molar-refractivity contribution in [2.75, 3.05) is 13.2 Å². The first-order valence-electron chi connectivity index (χ1n) is 10.9. The fourth-order valence-corrected chi connectivity index (χ4v) is 4.44. The lowest BCUT2D eigenvalue weighted by Crippen LogP contribution is -2.45. The fourth-order valence-electron chi connectivity index (χ4n) is 4.44. The maximum atomic E-state index is 9.84. The topological polar surface area (TPSA) is 42.2 Å². The molecule has 0 amide bonds. The Bertz CT molecular complexity index is 387. The minimum absolute atomic E-state index is 0.291. The number of unbranched alkanes of at least 4 members (excludes halogenated alkanes) is 5. The largest absolute Gasteiger partial charge is 0.351 e. The van der Waals surface area contributed by atoms with Gasteiger partial charge in [-0.2, -0.15) is 5.26 Å². The van der Waals surface area contributed by atoms with Crippen LogP contribution < -0.4 is 0 Å².